The van der Waals surface area contributed by atoms with Crippen molar-refractivity contribution in [2.45, 2.75) is 33.0 Å². The number of nitrogens with one attached hydrogen (secondary N) is 2. The summed E-state index contributed by atoms with van der Waals surface area (Å²) in [4.78, 5) is 4.31. The van der Waals surface area contributed by atoms with E-state index in [0.717, 1.165) is 37.8 Å². The molecule has 0 aliphatic heterocycles. The number of benzene rings is 1. The van der Waals surface area contributed by atoms with E-state index in [1.807, 2.05) is 16.9 Å². The molecule has 0 unspecified atom stereocenters. The molecule has 0 amide bonds. The molecule has 3 rings (SSSR count). The van der Waals surface area contributed by atoms with Crippen molar-refractivity contribution in [2.75, 3.05) is 13.6 Å². The largest absolute Gasteiger partial charge is 0.355 e. The second kappa shape index (κ2) is 11.4. The van der Waals surface area contributed by atoms with Crippen molar-refractivity contribution in [2.24, 2.45) is 4.99 Å². The quantitative estimate of drug-likeness (QED) is 0.285. The van der Waals surface area contributed by atoms with Gasteiger partial charge in [0.1, 0.15) is 12.2 Å². The Bertz CT molecular complexity index is 856. The molecule has 2 N–H and O–H groups in total. The maximum absolute atomic E-state index is 4.31. The topological polar surface area (TPSA) is 85.0 Å². The molecule has 3 aromatic rings. The standard InChI is InChI=1S/C19H26N8.HI/c1-3-18-25-23-15-26(18)12-10-21-19(20-2)22-13-16-7-4-5-8-17(16)14-27-11-6-9-24-27;/h4-9,11,15H,3,10,12-14H2,1-2H3,(H2,20,21,22);1H. The highest BCUT2D eigenvalue weighted by molar-refractivity contribution is 14.0. The summed E-state index contributed by atoms with van der Waals surface area (Å²) in [6.45, 7) is 5.08. The summed E-state index contributed by atoms with van der Waals surface area (Å²) in [5.41, 5.74) is 2.46. The molecule has 1 aromatic carbocycles. The van der Waals surface area contributed by atoms with E-state index in [2.05, 4.69) is 66.7 Å². The molecule has 0 aliphatic rings. The number of rotatable bonds is 8. The van der Waals surface area contributed by atoms with E-state index in [4.69, 9.17) is 0 Å². The van der Waals surface area contributed by atoms with Crippen molar-refractivity contribution < 1.29 is 0 Å². The van der Waals surface area contributed by atoms with Crippen LogP contribution in [0.4, 0.5) is 0 Å². The van der Waals surface area contributed by atoms with Crippen LogP contribution in [0.5, 0.6) is 0 Å². The van der Waals surface area contributed by atoms with Crippen LogP contribution in [-0.2, 0) is 26.1 Å². The molecule has 0 fully saturated rings. The number of halogens is 1. The first kappa shape index (κ1) is 21.9. The second-order valence-corrected chi connectivity index (χ2v) is 6.12. The Kier molecular flexibility index (Phi) is 8.92. The zero-order valence-corrected chi connectivity index (χ0v) is 18.6. The Morgan fingerprint density at radius 2 is 1.96 bits per heavy atom. The van der Waals surface area contributed by atoms with E-state index in [9.17, 15) is 0 Å². The first-order valence-corrected chi connectivity index (χ1v) is 9.15. The van der Waals surface area contributed by atoms with Crippen LogP contribution in [0.2, 0.25) is 0 Å². The lowest BCUT2D eigenvalue weighted by Crippen LogP contribution is -2.38. The third kappa shape index (κ3) is 6.04. The molecule has 0 aliphatic carbocycles. The number of nitrogens with zero attached hydrogens (tertiary/aromatic N) is 6. The van der Waals surface area contributed by atoms with Gasteiger partial charge in [0.15, 0.2) is 5.96 Å². The van der Waals surface area contributed by atoms with Crippen molar-refractivity contribution in [1.82, 2.24) is 35.2 Å². The predicted octanol–water partition coefficient (Wildman–Crippen LogP) is 2.07. The van der Waals surface area contributed by atoms with Gasteiger partial charge >= 0.3 is 0 Å². The van der Waals surface area contributed by atoms with Crippen molar-refractivity contribution in [3.63, 3.8) is 0 Å². The third-order valence-electron chi connectivity index (χ3n) is 4.34. The maximum Gasteiger partial charge on any atom is 0.191 e. The molecule has 0 spiro atoms. The van der Waals surface area contributed by atoms with Crippen molar-refractivity contribution in [3.05, 3.63) is 66.0 Å². The molecule has 0 atom stereocenters. The lowest BCUT2D eigenvalue weighted by molar-refractivity contribution is 0.631. The van der Waals surface area contributed by atoms with Gasteiger partial charge in [-0.1, -0.05) is 31.2 Å². The molecule has 8 nitrogen and oxygen atoms in total. The molecular formula is C19H27IN8. The third-order valence-corrected chi connectivity index (χ3v) is 4.34. The van der Waals surface area contributed by atoms with Gasteiger partial charge in [-0.3, -0.25) is 9.67 Å². The molecule has 150 valence electrons. The SMILES string of the molecule is CCc1nncn1CCNC(=NC)NCc1ccccc1Cn1cccn1.I. The number of aromatic nitrogens is 5. The Morgan fingerprint density at radius 3 is 2.68 bits per heavy atom. The van der Waals surface area contributed by atoms with Gasteiger partial charge < -0.3 is 15.2 Å². The average Bonchev–Trinajstić information content (AvgIpc) is 3.37. The van der Waals surface area contributed by atoms with Gasteiger partial charge in [0.25, 0.3) is 0 Å². The molecule has 0 radical (unpaired) electrons. The fourth-order valence-corrected chi connectivity index (χ4v) is 2.89. The normalized spacial score (nSPS) is 11.1. The summed E-state index contributed by atoms with van der Waals surface area (Å²) >= 11 is 0. The van der Waals surface area contributed by atoms with Crippen LogP contribution in [0.15, 0.2) is 54.0 Å². The fourth-order valence-electron chi connectivity index (χ4n) is 2.89. The van der Waals surface area contributed by atoms with E-state index < -0.39 is 0 Å². The number of guanidine groups is 1. The van der Waals surface area contributed by atoms with Crippen molar-refractivity contribution in [1.29, 1.82) is 0 Å². The Balaban J connectivity index is 0.00000280. The van der Waals surface area contributed by atoms with Gasteiger partial charge in [-0.2, -0.15) is 5.10 Å². The van der Waals surface area contributed by atoms with Gasteiger partial charge in [0, 0.05) is 45.5 Å². The van der Waals surface area contributed by atoms with Gasteiger partial charge in [-0.05, 0) is 17.2 Å². The number of hydrogen-bond acceptors (Lipinski definition) is 4. The Morgan fingerprint density at radius 1 is 1.14 bits per heavy atom. The first-order chi connectivity index (χ1) is 13.3. The summed E-state index contributed by atoms with van der Waals surface area (Å²) in [6.07, 6.45) is 6.41. The van der Waals surface area contributed by atoms with Crippen LogP contribution in [0.3, 0.4) is 0 Å². The number of hydrogen-bond donors (Lipinski definition) is 2. The van der Waals surface area contributed by atoms with Crippen LogP contribution in [0.25, 0.3) is 0 Å². The van der Waals surface area contributed by atoms with E-state index in [0.29, 0.717) is 6.54 Å². The molecule has 0 saturated heterocycles. The summed E-state index contributed by atoms with van der Waals surface area (Å²) in [5, 5.41) is 19.1. The molecule has 0 bridgehead atoms. The van der Waals surface area contributed by atoms with Crippen molar-refractivity contribution in [3.8, 4) is 0 Å². The van der Waals surface area contributed by atoms with Crippen molar-refractivity contribution >= 4 is 29.9 Å². The minimum Gasteiger partial charge on any atom is -0.355 e. The zero-order valence-electron chi connectivity index (χ0n) is 16.2. The van der Waals surface area contributed by atoms with E-state index in [-0.39, 0.29) is 24.0 Å². The molecule has 0 saturated carbocycles. The number of aryl methyl sites for hydroxylation is 1. The van der Waals surface area contributed by atoms with E-state index >= 15 is 0 Å². The number of aliphatic imine (C=N–C) groups is 1. The molecule has 9 heteroatoms. The van der Waals surface area contributed by atoms with Gasteiger partial charge in [0.2, 0.25) is 0 Å². The summed E-state index contributed by atoms with van der Waals surface area (Å²) < 4.78 is 3.98. The Hall–Kier alpha value is -2.43. The van der Waals surface area contributed by atoms with Crippen LogP contribution in [0.1, 0.15) is 23.9 Å². The fraction of sp³-hybridized carbons (Fsp3) is 0.368. The summed E-state index contributed by atoms with van der Waals surface area (Å²) in [7, 11) is 1.78. The first-order valence-electron chi connectivity index (χ1n) is 9.15. The molecule has 2 aromatic heterocycles. The lowest BCUT2D eigenvalue weighted by Gasteiger charge is -2.15. The second-order valence-electron chi connectivity index (χ2n) is 6.12. The summed E-state index contributed by atoms with van der Waals surface area (Å²) in [5.74, 6) is 1.77. The highest BCUT2D eigenvalue weighted by Crippen LogP contribution is 2.10. The van der Waals surface area contributed by atoms with Crippen LogP contribution in [-0.4, -0.2) is 44.1 Å². The lowest BCUT2D eigenvalue weighted by atomic mass is 10.1. The highest BCUT2D eigenvalue weighted by atomic mass is 127. The molecule has 28 heavy (non-hydrogen) atoms. The smallest absolute Gasteiger partial charge is 0.191 e. The highest BCUT2D eigenvalue weighted by Gasteiger charge is 2.05. The van der Waals surface area contributed by atoms with Gasteiger partial charge in [0.05, 0.1) is 6.54 Å². The van der Waals surface area contributed by atoms with Gasteiger partial charge in [-0.15, -0.1) is 34.2 Å². The van der Waals surface area contributed by atoms with Crippen LogP contribution < -0.4 is 10.6 Å². The summed E-state index contributed by atoms with van der Waals surface area (Å²) in [6, 6.07) is 10.3. The van der Waals surface area contributed by atoms with E-state index in [1.165, 1.54) is 11.1 Å². The zero-order chi connectivity index (χ0) is 18.9. The predicted molar refractivity (Wildman–Crippen MR) is 121 cm³/mol. The average molecular weight is 494 g/mol. The maximum atomic E-state index is 4.31. The molecule has 2 heterocycles. The monoisotopic (exact) mass is 494 g/mol. The molecular weight excluding hydrogens is 467 g/mol. The van der Waals surface area contributed by atoms with Crippen LogP contribution in [0, 0.1) is 0 Å². The van der Waals surface area contributed by atoms with Gasteiger partial charge in [-0.25, -0.2) is 0 Å². The minimum absolute atomic E-state index is 0. The Labute approximate surface area is 182 Å². The minimum atomic E-state index is 0. The van der Waals surface area contributed by atoms with Crippen LogP contribution >= 0.6 is 24.0 Å². The van der Waals surface area contributed by atoms with E-state index in [1.54, 1.807) is 19.6 Å².